The van der Waals surface area contributed by atoms with Gasteiger partial charge in [-0.05, 0) is 31.1 Å². The summed E-state index contributed by atoms with van der Waals surface area (Å²) in [6.45, 7) is 7.62. The molecule has 0 bridgehead atoms. The molecule has 1 unspecified atom stereocenters. The van der Waals surface area contributed by atoms with E-state index in [1.807, 2.05) is 13.8 Å². The number of sulfonamides is 1. The number of rotatable bonds is 5. The summed E-state index contributed by atoms with van der Waals surface area (Å²) in [6, 6.07) is 6.76. The summed E-state index contributed by atoms with van der Waals surface area (Å²) in [5.41, 5.74) is 3.68. The number of nitrogens with one attached hydrogen (secondary N) is 1. The van der Waals surface area contributed by atoms with Crippen LogP contribution < -0.4 is 4.72 Å². The molecule has 1 N–H and O–H groups in total. The predicted octanol–water partition coefficient (Wildman–Crippen LogP) is 2.25. The lowest BCUT2D eigenvalue weighted by Crippen LogP contribution is -2.27. The van der Waals surface area contributed by atoms with Gasteiger partial charge in [0.2, 0.25) is 10.0 Å². The van der Waals surface area contributed by atoms with Crippen LogP contribution in [0.1, 0.15) is 12.5 Å². The Hall–Kier alpha value is -1.35. The molecule has 1 aromatic rings. The van der Waals surface area contributed by atoms with E-state index in [-0.39, 0.29) is 10.8 Å². The van der Waals surface area contributed by atoms with Gasteiger partial charge < -0.3 is 0 Å². The monoisotopic (exact) mass is 251 g/mol. The topological polar surface area (TPSA) is 46.2 Å². The van der Waals surface area contributed by atoms with Crippen molar-refractivity contribution in [1.29, 1.82) is 0 Å². The minimum absolute atomic E-state index is 0.0766. The van der Waals surface area contributed by atoms with Crippen LogP contribution in [-0.4, -0.2) is 15.0 Å². The van der Waals surface area contributed by atoms with E-state index in [2.05, 4.69) is 17.0 Å². The van der Waals surface area contributed by atoms with Crippen LogP contribution in [0, 0.1) is 12.8 Å². The predicted molar refractivity (Wildman–Crippen MR) is 69.2 cm³/mol. The normalized spacial score (nSPS) is 12.8. The summed E-state index contributed by atoms with van der Waals surface area (Å²) < 4.78 is 26.3. The highest BCUT2D eigenvalue weighted by Crippen LogP contribution is 2.10. The molecule has 0 aromatic heterocycles. The average Bonchev–Trinajstić information content (AvgIpc) is 2.28. The third kappa shape index (κ3) is 4.19. The summed E-state index contributed by atoms with van der Waals surface area (Å²) in [5.74, 6) is 0.0766. The Bertz CT molecular complexity index is 511. The van der Waals surface area contributed by atoms with Crippen molar-refractivity contribution in [1.82, 2.24) is 4.72 Å². The Kier molecular flexibility index (Phi) is 4.70. The highest BCUT2D eigenvalue weighted by Gasteiger charge is 2.13. The molecule has 3 nitrogen and oxygen atoms in total. The van der Waals surface area contributed by atoms with Crippen LogP contribution in [0.15, 0.2) is 47.5 Å². The molecule has 0 fully saturated rings. The van der Waals surface area contributed by atoms with Gasteiger partial charge in [-0.1, -0.05) is 31.2 Å². The second-order valence-electron chi connectivity index (χ2n) is 4.01. The van der Waals surface area contributed by atoms with Crippen molar-refractivity contribution in [3.63, 3.8) is 0 Å². The standard InChI is InChI=1S/C13H17NO2S/c1-4-5-12(3)10-14-17(15,16)13-8-6-11(2)7-9-13/h5-9,12,14H,1,10H2,2-3H3. The van der Waals surface area contributed by atoms with Gasteiger partial charge in [0.15, 0.2) is 0 Å². The van der Waals surface area contributed by atoms with Crippen molar-refractivity contribution < 1.29 is 8.42 Å². The van der Waals surface area contributed by atoms with Gasteiger partial charge >= 0.3 is 0 Å². The Labute approximate surface area is 103 Å². The molecule has 0 saturated carbocycles. The molecule has 0 saturated heterocycles. The van der Waals surface area contributed by atoms with Gasteiger partial charge in [-0.25, -0.2) is 13.1 Å². The third-order valence-electron chi connectivity index (χ3n) is 2.33. The van der Waals surface area contributed by atoms with Crippen molar-refractivity contribution in [2.75, 3.05) is 6.54 Å². The van der Waals surface area contributed by atoms with Crippen LogP contribution in [0.5, 0.6) is 0 Å². The molecular weight excluding hydrogens is 234 g/mol. The van der Waals surface area contributed by atoms with Gasteiger partial charge in [0.25, 0.3) is 0 Å². The molecule has 4 heteroatoms. The van der Waals surface area contributed by atoms with Gasteiger partial charge in [-0.15, -0.1) is 5.73 Å². The molecule has 0 heterocycles. The molecule has 0 aliphatic heterocycles. The zero-order chi connectivity index (χ0) is 12.9. The maximum Gasteiger partial charge on any atom is 0.240 e. The fourth-order valence-corrected chi connectivity index (χ4v) is 2.45. The first-order valence-electron chi connectivity index (χ1n) is 5.38. The lowest BCUT2D eigenvalue weighted by atomic mass is 10.2. The number of hydrogen-bond donors (Lipinski definition) is 1. The zero-order valence-corrected chi connectivity index (χ0v) is 10.9. The minimum Gasteiger partial charge on any atom is -0.211 e. The van der Waals surface area contributed by atoms with Gasteiger partial charge in [-0.3, -0.25) is 0 Å². The Balaban J connectivity index is 2.75. The molecule has 0 radical (unpaired) electrons. The SMILES string of the molecule is C=C=CC(C)CNS(=O)(=O)c1ccc(C)cc1. The van der Waals surface area contributed by atoms with Crippen LogP contribution in [0.25, 0.3) is 0 Å². The summed E-state index contributed by atoms with van der Waals surface area (Å²) >= 11 is 0. The van der Waals surface area contributed by atoms with Crippen molar-refractivity contribution in [3.8, 4) is 0 Å². The van der Waals surface area contributed by atoms with E-state index in [9.17, 15) is 8.42 Å². The molecule has 0 aliphatic carbocycles. The third-order valence-corrected chi connectivity index (χ3v) is 3.77. The molecule has 92 valence electrons. The van der Waals surface area contributed by atoms with E-state index in [1.165, 1.54) is 0 Å². The Morgan fingerprint density at radius 3 is 2.53 bits per heavy atom. The van der Waals surface area contributed by atoms with E-state index < -0.39 is 10.0 Å². The van der Waals surface area contributed by atoms with Crippen LogP contribution in [0.4, 0.5) is 0 Å². The zero-order valence-electron chi connectivity index (χ0n) is 10.1. The van der Waals surface area contributed by atoms with Crippen LogP contribution in [0.2, 0.25) is 0 Å². The highest BCUT2D eigenvalue weighted by molar-refractivity contribution is 7.89. The first-order valence-corrected chi connectivity index (χ1v) is 6.86. The fourth-order valence-electron chi connectivity index (χ4n) is 1.30. The van der Waals surface area contributed by atoms with Crippen LogP contribution in [-0.2, 0) is 10.0 Å². The average molecular weight is 251 g/mol. The highest BCUT2D eigenvalue weighted by atomic mass is 32.2. The summed E-state index contributed by atoms with van der Waals surface area (Å²) in [6.07, 6.45) is 1.73. The first kappa shape index (κ1) is 13.7. The second kappa shape index (κ2) is 5.82. The van der Waals surface area contributed by atoms with Crippen molar-refractivity contribution >= 4 is 10.0 Å². The van der Waals surface area contributed by atoms with Crippen molar-refractivity contribution in [3.05, 3.63) is 48.2 Å². The molecule has 0 spiro atoms. The molecule has 1 aromatic carbocycles. The number of hydrogen-bond acceptors (Lipinski definition) is 2. The summed E-state index contributed by atoms with van der Waals surface area (Å²) in [5, 5.41) is 0. The number of aryl methyl sites for hydroxylation is 1. The fraction of sp³-hybridized carbons (Fsp3) is 0.308. The molecular formula is C13H17NO2S. The van der Waals surface area contributed by atoms with Gasteiger partial charge in [0, 0.05) is 6.54 Å². The molecule has 0 aliphatic rings. The van der Waals surface area contributed by atoms with Gasteiger partial charge in [-0.2, -0.15) is 0 Å². The van der Waals surface area contributed by atoms with E-state index in [4.69, 9.17) is 0 Å². The van der Waals surface area contributed by atoms with Crippen molar-refractivity contribution in [2.24, 2.45) is 5.92 Å². The lowest BCUT2D eigenvalue weighted by molar-refractivity contribution is 0.571. The van der Waals surface area contributed by atoms with Crippen molar-refractivity contribution in [2.45, 2.75) is 18.7 Å². The molecule has 0 amide bonds. The Morgan fingerprint density at radius 2 is 2.00 bits per heavy atom. The van der Waals surface area contributed by atoms with E-state index >= 15 is 0 Å². The Morgan fingerprint density at radius 1 is 1.41 bits per heavy atom. The van der Waals surface area contributed by atoms with Gasteiger partial charge in [0.1, 0.15) is 0 Å². The molecule has 1 atom stereocenters. The maximum atomic E-state index is 11.9. The van der Waals surface area contributed by atoms with E-state index in [0.717, 1.165) is 5.56 Å². The number of benzene rings is 1. The molecule has 17 heavy (non-hydrogen) atoms. The largest absolute Gasteiger partial charge is 0.240 e. The first-order chi connectivity index (χ1) is 7.95. The summed E-state index contributed by atoms with van der Waals surface area (Å²) in [4.78, 5) is 0.290. The van der Waals surface area contributed by atoms with Gasteiger partial charge in [0.05, 0.1) is 4.90 Å². The van der Waals surface area contributed by atoms with Crippen LogP contribution in [0.3, 0.4) is 0 Å². The lowest BCUT2D eigenvalue weighted by Gasteiger charge is -2.09. The smallest absolute Gasteiger partial charge is 0.211 e. The summed E-state index contributed by atoms with van der Waals surface area (Å²) in [7, 11) is -3.41. The molecule has 1 rings (SSSR count). The van der Waals surface area contributed by atoms with E-state index in [0.29, 0.717) is 6.54 Å². The quantitative estimate of drug-likeness (QED) is 0.816. The van der Waals surface area contributed by atoms with E-state index in [1.54, 1.807) is 30.3 Å². The maximum absolute atomic E-state index is 11.9. The minimum atomic E-state index is -3.41. The second-order valence-corrected chi connectivity index (χ2v) is 5.78. The van der Waals surface area contributed by atoms with Crippen LogP contribution >= 0.6 is 0 Å².